The molecule has 128 valence electrons. The summed E-state index contributed by atoms with van der Waals surface area (Å²) in [5, 5.41) is 11.9. The molecule has 1 heterocycles. The van der Waals surface area contributed by atoms with Gasteiger partial charge in [0.15, 0.2) is 5.78 Å². The first-order valence-corrected chi connectivity index (χ1v) is 7.48. The Morgan fingerprint density at radius 2 is 2.00 bits per heavy atom. The van der Waals surface area contributed by atoms with Crippen molar-refractivity contribution in [2.75, 3.05) is 5.32 Å². The number of carbonyl (C=O) groups excluding carboxylic acids is 1. The Morgan fingerprint density at radius 3 is 2.64 bits per heavy atom. The average Bonchev–Trinajstić information content (AvgIpc) is 2.52. The summed E-state index contributed by atoms with van der Waals surface area (Å²) in [6, 6.07) is 6.14. The Labute approximate surface area is 144 Å². The van der Waals surface area contributed by atoms with Crippen molar-refractivity contribution in [1.29, 1.82) is 0 Å². The number of pyridine rings is 1. The number of aromatic amines is 1. The largest absolute Gasteiger partial charge is 0.506 e. The number of phenolic OH excluding ortho intramolecular Hbond substituents is 1. The number of Topliss-reactive ketones (excluding diaryl/α,β-unsaturated/α-hetero) is 1. The lowest BCUT2D eigenvalue weighted by Gasteiger charge is -2.13. The molecule has 1 aromatic heterocycles. The SMILES string of the molecule is CC(=O)c1c(Nc2cccc(F)c2)[nH]c2c(F)cc(Cl)c(O)c2c1=O. The van der Waals surface area contributed by atoms with E-state index in [-0.39, 0.29) is 27.6 Å². The number of H-pyrrole nitrogens is 1. The van der Waals surface area contributed by atoms with Crippen LogP contribution in [-0.4, -0.2) is 15.9 Å². The third-order valence-electron chi connectivity index (χ3n) is 3.61. The van der Waals surface area contributed by atoms with E-state index in [1.165, 1.54) is 18.2 Å². The van der Waals surface area contributed by atoms with Crippen LogP contribution in [0.2, 0.25) is 5.02 Å². The van der Waals surface area contributed by atoms with E-state index in [1.807, 2.05) is 0 Å². The zero-order chi connectivity index (χ0) is 18.3. The van der Waals surface area contributed by atoms with Gasteiger partial charge in [-0.1, -0.05) is 17.7 Å². The van der Waals surface area contributed by atoms with E-state index < -0.39 is 34.0 Å². The average molecular weight is 365 g/mol. The van der Waals surface area contributed by atoms with Crippen LogP contribution < -0.4 is 10.7 Å². The second-order valence-corrected chi connectivity index (χ2v) is 5.74. The first-order valence-electron chi connectivity index (χ1n) is 7.10. The van der Waals surface area contributed by atoms with Crippen molar-refractivity contribution in [3.05, 3.63) is 62.8 Å². The number of anilines is 2. The molecule has 3 aromatic rings. The van der Waals surface area contributed by atoms with Crippen LogP contribution in [0.5, 0.6) is 5.75 Å². The van der Waals surface area contributed by atoms with Crippen LogP contribution in [-0.2, 0) is 0 Å². The molecular weight excluding hydrogens is 354 g/mol. The van der Waals surface area contributed by atoms with Crippen molar-refractivity contribution in [3.63, 3.8) is 0 Å². The molecule has 0 bridgehead atoms. The van der Waals surface area contributed by atoms with E-state index in [1.54, 1.807) is 0 Å². The smallest absolute Gasteiger partial charge is 0.206 e. The molecule has 0 spiro atoms. The first-order chi connectivity index (χ1) is 11.8. The van der Waals surface area contributed by atoms with Gasteiger partial charge in [0.25, 0.3) is 0 Å². The summed E-state index contributed by atoms with van der Waals surface area (Å²) in [6.07, 6.45) is 0. The first kappa shape index (κ1) is 16.9. The molecule has 25 heavy (non-hydrogen) atoms. The highest BCUT2D eigenvalue weighted by molar-refractivity contribution is 6.33. The third kappa shape index (κ3) is 2.94. The van der Waals surface area contributed by atoms with Gasteiger partial charge in [0.05, 0.1) is 15.9 Å². The highest BCUT2D eigenvalue weighted by atomic mass is 35.5. The molecule has 0 aliphatic heterocycles. The second kappa shape index (κ2) is 6.18. The van der Waals surface area contributed by atoms with E-state index in [9.17, 15) is 23.5 Å². The summed E-state index contributed by atoms with van der Waals surface area (Å²) in [5.74, 6) is -2.78. The number of aromatic hydroxyl groups is 1. The Bertz CT molecular complexity index is 1080. The molecule has 0 fully saturated rings. The fourth-order valence-electron chi connectivity index (χ4n) is 2.52. The van der Waals surface area contributed by atoms with Crippen LogP contribution in [0, 0.1) is 11.6 Å². The molecule has 0 saturated heterocycles. The molecule has 0 radical (unpaired) electrons. The highest BCUT2D eigenvalue weighted by Crippen LogP contribution is 2.33. The molecule has 0 aliphatic carbocycles. The summed E-state index contributed by atoms with van der Waals surface area (Å²) >= 11 is 5.70. The number of benzene rings is 2. The summed E-state index contributed by atoms with van der Waals surface area (Å²) in [5.41, 5.74) is -1.31. The predicted molar refractivity (Wildman–Crippen MR) is 90.9 cm³/mol. The Balaban J connectivity index is 2.33. The minimum atomic E-state index is -0.890. The Morgan fingerprint density at radius 1 is 1.28 bits per heavy atom. The zero-order valence-corrected chi connectivity index (χ0v) is 13.5. The monoisotopic (exact) mass is 364 g/mol. The maximum Gasteiger partial charge on any atom is 0.206 e. The zero-order valence-electron chi connectivity index (χ0n) is 12.8. The number of aromatic nitrogens is 1. The van der Waals surface area contributed by atoms with Crippen LogP contribution in [0.1, 0.15) is 17.3 Å². The van der Waals surface area contributed by atoms with Crippen LogP contribution in [0.3, 0.4) is 0 Å². The molecular formula is C17H11ClF2N2O3. The van der Waals surface area contributed by atoms with Crippen LogP contribution in [0.4, 0.5) is 20.3 Å². The number of carbonyl (C=O) groups is 1. The Kier molecular flexibility index (Phi) is 4.18. The number of halogens is 3. The van der Waals surface area contributed by atoms with Crippen molar-refractivity contribution < 1.29 is 18.7 Å². The molecule has 8 heteroatoms. The summed E-state index contributed by atoms with van der Waals surface area (Å²) < 4.78 is 27.5. The number of fused-ring (bicyclic) bond motifs is 1. The molecule has 0 aliphatic rings. The lowest BCUT2D eigenvalue weighted by atomic mass is 10.1. The summed E-state index contributed by atoms with van der Waals surface area (Å²) in [6.45, 7) is 1.14. The standard InChI is InChI=1S/C17H11ClF2N2O3/c1-7(23)12-16(25)13-14(11(20)6-10(18)15(13)24)22-17(12)21-9-4-2-3-8(19)5-9/h2-6,24H,1H3,(H2,21,22,25). The van der Waals surface area contributed by atoms with Gasteiger partial charge in [0.2, 0.25) is 5.43 Å². The Hall–Kier alpha value is -2.93. The van der Waals surface area contributed by atoms with Gasteiger partial charge in [-0.15, -0.1) is 0 Å². The normalized spacial score (nSPS) is 10.9. The molecule has 2 aromatic carbocycles. The van der Waals surface area contributed by atoms with Crippen LogP contribution in [0.25, 0.3) is 10.9 Å². The van der Waals surface area contributed by atoms with Gasteiger partial charge < -0.3 is 15.4 Å². The fourth-order valence-corrected chi connectivity index (χ4v) is 2.71. The van der Waals surface area contributed by atoms with Crippen molar-refractivity contribution in [2.45, 2.75) is 6.92 Å². The molecule has 0 amide bonds. The number of phenols is 1. The van der Waals surface area contributed by atoms with Crippen LogP contribution in [0.15, 0.2) is 35.1 Å². The summed E-state index contributed by atoms with van der Waals surface area (Å²) in [4.78, 5) is 27.1. The van der Waals surface area contributed by atoms with E-state index in [0.717, 1.165) is 19.1 Å². The predicted octanol–water partition coefficient (Wildman–Crippen LogP) is 4.11. The fraction of sp³-hybridized carbons (Fsp3) is 0.0588. The number of hydrogen-bond donors (Lipinski definition) is 3. The third-order valence-corrected chi connectivity index (χ3v) is 3.89. The number of hydrogen-bond acceptors (Lipinski definition) is 4. The van der Waals surface area contributed by atoms with Gasteiger partial charge in [-0.05, 0) is 31.2 Å². The molecule has 0 saturated carbocycles. The topological polar surface area (TPSA) is 82.2 Å². The van der Waals surface area contributed by atoms with E-state index >= 15 is 0 Å². The highest BCUT2D eigenvalue weighted by Gasteiger charge is 2.22. The quantitative estimate of drug-likeness (QED) is 0.611. The van der Waals surface area contributed by atoms with Gasteiger partial charge in [-0.2, -0.15) is 0 Å². The number of nitrogens with one attached hydrogen (secondary N) is 2. The lowest BCUT2D eigenvalue weighted by Crippen LogP contribution is -2.18. The van der Waals surface area contributed by atoms with E-state index in [0.29, 0.717) is 0 Å². The number of rotatable bonds is 3. The van der Waals surface area contributed by atoms with E-state index in [4.69, 9.17) is 11.6 Å². The summed E-state index contributed by atoms with van der Waals surface area (Å²) in [7, 11) is 0. The van der Waals surface area contributed by atoms with Gasteiger partial charge >= 0.3 is 0 Å². The minimum Gasteiger partial charge on any atom is -0.506 e. The molecule has 3 rings (SSSR count). The van der Waals surface area contributed by atoms with Crippen molar-refractivity contribution >= 4 is 39.8 Å². The molecule has 3 N–H and O–H groups in total. The van der Waals surface area contributed by atoms with Crippen molar-refractivity contribution in [3.8, 4) is 5.75 Å². The number of ketones is 1. The second-order valence-electron chi connectivity index (χ2n) is 5.33. The lowest BCUT2D eigenvalue weighted by molar-refractivity contribution is 0.101. The van der Waals surface area contributed by atoms with Gasteiger partial charge in [-0.3, -0.25) is 9.59 Å². The van der Waals surface area contributed by atoms with Crippen LogP contribution >= 0.6 is 11.6 Å². The molecule has 0 atom stereocenters. The minimum absolute atomic E-state index is 0.115. The van der Waals surface area contributed by atoms with Gasteiger partial charge in [-0.25, -0.2) is 8.78 Å². The molecule has 0 unspecified atom stereocenters. The van der Waals surface area contributed by atoms with Gasteiger partial charge in [0, 0.05) is 5.69 Å². The van der Waals surface area contributed by atoms with Gasteiger partial charge in [0.1, 0.15) is 28.8 Å². The maximum absolute atomic E-state index is 14.2. The van der Waals surface area contributed by atoms with E-state index in [2.05, 4.69) is 10.3 Å². The maximum atomic E-state index is 14.2. The van der Waals surface area contributed by atoms with Crippen molar-refractivity contribution in [2.24, 2.45) is 0 Å². The van der Waals surface area contributed by atoms with Crippen molar-refractivity contribution in [1.82, 2.24) is 4.98 Å². The molecule has 5 nitrogen and oxygen atoms in total.